The van der Waals surface area contributed by atoms with Gasteiger partial charge in [0.05, 0.1) is 11.9 Å². The highest BCUT2D eigenvalue weighted by molar-refractivity contribution is 5.94. The lowest BCUT2D eigenvalue weighted by molar-refractivity contribution is 0.0763. The van der Waals surface area contributed by atoms with E-state index in [2.05, 4.69) is 21.9 Å². The van der Waals surface area contributed by atoms with Gasteiger partial charge in [0.1, 0.15) is 0 Å². The Morgan fingerprint density at radius 3 is 2.59 bits per heavy atom. The number of benzene rings is 1. The smallest absolute Gasteiger partial charge is 0.253 e. The highest BCUT2D eigenvalue weighted by Crippen LogP contribution is 2.17. The van der Waals surface area contributed by atoms with Gasteiger partial charge >= 0.3 is 0 Å². The van der Waals surface area contributed by atoms with Crippen molar-refractivity contribution in [1.82, 2.24) is 19.8 Å². The summed E-state index contributed by atoms with van der Waals surface area (Å²) in [5, 5.41) is 0. The van der Waals surface area contributed by atoms with E-state index in [0.717, 1.165) is 49.4 Å². The molecular weight excluding hydrogens is 276 g/mol. The lowest BCUT2D eigenvalue weighted by Gasteiger charge is -2.20. The number of carbonyl (C=O) groups is 1. The highest BCUT2D eigenvalue weighted by Gasteiger charge is 2.18. The van der Waals surface area contributed by atoms with E-state index in [-0.39, 0.29) is 5.91 Å². The minimum Gasteiger partial charge on any atom is -0.337 e. The normalized spacial score (nSPS) is 16.3. The molecule has 22 heavy (non-hydrogen) atoms. The summed E-state index contributed by atoms with van der Waals surface area (Å²) in [4.78, 5) is 25.1. The minimum absolute atomic E-state index is 0.112. The fourth-order valence-corrected chi connectivity index (χ4v) is 2.66. The molecule has 0 saturated carbocycles. The van der Waals surface area contributed by atoms with Gasteiger partial charge in [-0.15, -0.1) is 0 Å². The van der Waals surface area contributed by atoms with Gasteiger partial charge in [-0.25, -0.2) is 0 Å². The summed E-state index contributed by atoms with van der Waals surface area (Å²) >= 11 is 0. The number of likely N-dealkylation sites (N-methyl/N-ethyl adjacent to an activating group) is 1. The molecule has 1 aliphatic rings. The first-order valence-electron chi connectivity index (χ1n) is 7.58. The molecule has 3 rings (SSSR count). The number of hydrogen-bond donors (Lipinski definition) is 0. The van der Waals surface area contributed by atoms with E-state index in [1.54, 1.807) is 18.6 Å². The largest absolute Gasteiger partial charge is 0.337 e. The van der Waals surface area contributed by atoms with E-state index in [1.165, 1.54) is 0 Å². The van der Waals surface area contributed by atoms with Crippen LogP contribution in [0.2, 0.25) is 0 Å². The third kappa shape index (κ3) is 3.31. The van der Waals surface area contributed by atoms with Crippen molar-refractivity contribution in [2.45, 2.75) is 6.42 Å². The SMILES string of the molecule is CN1CCCN(C(=O)c2ccc(-c3cnccn3)cc2)CC1. The molecule has 0 atom stereocenters. The number of nitrogens with zero attached hydrogens (tertiary/aromatic N) is 4. The van der Waals surface area contributed by atoms with E-state index in [4.69, 9.17) is 0 Å². The topological polar surface area (TPSA) is 49.3 Å². The highest BCUT2D eigenvalue weighted by atomic mass is 16.2. The summed E-state index contributed by atoms with van der Waals surface area (Å²) in [6.07, 6.45) is 6.07. The van der Waals surface area contributed by atoms with Crippen molar-refractivity contribution in [1.29, 1.82) is 0 Å². The molecule has 0 aliphatic carbocycles. The predicted octanol–water partition coefficient (Wildman–Crippen LogP) is 1.92. The van der Waals surface area contributed by atoms with E-state index >= 15 is 0 Å². The zero-order valence-electron chi connectivity index (χ0n) is 12.8. The van der Waals surface area contributed by atoms with Gasteiger partial charge in [0.25, 0.3) is 5.91 Å². The van der Waals surface area contributed by atoms with Crippen LogP contribution in [0.5, 0.6) is 0 Å². The van der Waals surface area contributed by atoms with Crippen LogP contribution >= 0.6 is 0 Å². The Labute approximate surface area is 130 Å². The van der Waals surface area contributed by atoms with Crippen molar-refractivity contribution >= 4 is 5.91 Å². The van der Waals surface area contributed by atoms with Crippen molar-refractivity contribution in [2.24, 2.45) is 0 Å². The van der Waals surface area contributed by atoms with Crippen LogP contribution < -0.4 is 0 Å². The summed E-state index contributed by atoms with van der Waals surface area (Å²) in [5.74, 6) is 0.112. The zero-order chi connectivity index (χ0) is 15.4. The van der Waals surface area contributed by atoms with Crippen molar-refractivity contribution in [3.05, 3.63) is 48.4 Å². The predicted molar refractivity (Wildman–Crippen MR) is 85.5 cm³/mol. The molecule has 1 saturated heterocycles. The number of rotatable bonds is 2. The summed E-state index contributed by atoms with van der Waals surface area (Å²) in [6, 6.07) is 7.62. The maximum atomic E-state index is 12.6. The Morgan fingerprint density at radius 1 is 1.05 bits per heavy atom. The number of carbonyl (C=O) groups excluding carboxylic acids is 1. The van der Waals surface area contributed by atoms with Gasteiger partial charge in [0.15, 0.2) is 0 Å². The fraction of sp³-hybridized carbons (Fsp3) is 0.353. The molecule has 5 heteroatoms. The third-order valence-electron chi connectivity index (χ3n) is 4.00. The molecule has 2 heterocycles. The van der Waals surface area contributed by atoms with E-state index in [0.29, 0.717) is 0 Å². The van der Waals surface area contributed by atoms with Crippen LogP contribution in [0.15, 0.2) is 42.9 Å². The maximum absolute atomic E-state index is 12.6. The van der Waals surface area contributed by atoms with Gasteiger partial charge in [-0.05, 0) is 32.1 Å². The first kappa shape index (κ1) is 14.7. The lowest BCUT2D eigenvalue weighted by atomic mass is 10.1. The Balaban J connectivity index is 1.73. The molecule has 1 aromatic carbocycles. The fourth-order valence-electron chi connectivity index (χ4n) is 2.66. The molecule has 1 aromatic heterocycles. The summed E-state index contributed by atoms with van der Waals surface area (Å²) in [7, 11) is 2.10. The van der Waals surface area contributed by atoms with Crippen molar-refractivity contribution in [3.8, 4) is 11.3 Å². The first-order valence-corrected chi connectivity index (χ1v) is 7.58. The molecule has 0 N–H and O–H groups in total. The molecule has 0 spiro atoms. The Hall–Kier alpha value is -2.27. The maximum Gasteiger partial charge on any atom is 0.253 e. The van der Waals surface area contributed by atoms with Gasteiger partial charge in [0.2, 0.25) is 0 Å². The molecule has 1 aliphatic heterocycles. The van der Waals surface area contributed by atoms with Gasteiger partial charge in [-0.2, -0.15) is 0 Å². The van der Waals surface area contributed by atoms with Crippen LogP contribution in [-0.4, -0.2) is 58.9 Å². The van der Waals surface area contributed by atoms with Crippen molar-refractivity contribution in [3.63, 3.8) is 0 Å². The third-order valence-corrected chi connectivity index (χ3v) is 4.00. The van der Waals surface area contributed by atoms with Crippen molar-refractivity contribution < 1.29 is 4.79 Å². The Morgan fingerprint density at radius 2 is 1.86 bits per heavy atom. The Bertz CT molecular complexity index is 627. The lowest BCUT2D eigenvalue weighted by Crippen LogP contribution is -2.34. The number of amides is 1. The zero-order valence-corrected chi connectivity index (χ0v) is 12.8. The van der Waals surface area contributed by atoms with Gasteiger partial charge in [-0.1, -0.05) is 12.1 Å². The summed E-state index contributed by atoms with van der Waals surface area (Å²) in [5.41, 5.74) is 2.52. The van der Waals surface area contributed by atoms with E-state index < -0.39 is 0 Å². The number of aromatic nitrogens is 2. The molecule has 0 bridgehead atoms. The molecule has 114 valence electrons. The van der Waals surface area contributed by atoms with Crippen LogP contribution in [0.1, 0.15) is 16.8 Å². The van der Waals surface area contributed by atoms with Crippen LogP contribution in [0, 0.1) is 0 Å². The Kier molecular flexibility index (Phi) is 4.44. The monoisotopic (exact) mass is 296 g/mol. The van der Waals surface area contributed by atoms with Crippen LogP contribution in [0.3, 0.4) is 0 Å². The molecule has 1 amide bonds. The second-order valence-electron chi connectivity index (χ2n) is 5.62. The van der Waals surface area contributed by atoms with Crippen LogP contribution in [0.25, 0.3) is 11.3 Å². The number of hydrogen-bond acceptors (Lipinski definition) is 4. The van der Waals surface area contributed by atoms with Gasteiger partial charge < -0.3 is 9.80 Å². The molecular formula is C17H20N4O. The van der Waals surface area contributed by atoms with Gasteiger partial charge in [0, 0.05) is 43.2 Å². The second-order valence-corrected chi connectivity index (χ2v) is 5.62. The average Bonchev–Trinajstić information content (AvgIpc) is 2.80. The molecule has 2 aromatic rings. The molecule has 5 nitrogen and oxygen atoms in total. The summed E-state index contributed by atoms with van der Waals surface area (Å²) < 4.78 is 0. The second kappa shape index (κ2) is 6.66. The van der Waals surface area contributed by atoms with E-state index in [1.807, 2.05) is 29.2 Å². The van der Waals surface area contributed by atoms with Crippen LogP contribution in [-0.2, 0) is 0 Å². The molecule has 0 unspecified atom stereocenters. The molecule has 1 fully saturated rings. The standard InChI is InChI=1S/C17H20N4O/c1-20-9-2-10-21(12-11-20)17(22)15-5-3-14(4-6-15)16-13-18-7-8-19-16/h3-8,13H,2,9-12H2,1H3. The van der Waals surface area contributed by atoms with Gasteiger partial charge in [-0.3, -0.25) is 14.8 Å². The minimum atomic E-state index is 0.112. The quantitative estimate of drug-likeness (QED) is 0.849. The van der Waals surface area contributed by atoms with E-state index in [9.17, 15) is 4.79 Å². The van der Waals surface area contributed by atoms with Crippen molar-refractivity contribution in [2.75, 3.05) is 33.2 Å². The first-order chi connectivity index (χ1) is 10.7. The van der Waals surface area contributed by atoms with Crippen LogP contribution in [0.4, 0.5) is 0 Å². The molecule has 0 radical (unpaired) electrons. The summed E-state index contributed by atoms with van der Waals surface area (Å²) in [6.45, 7) is 3.61. The average molecular weight is 296 g/mol.